The molecule has 0 radical (unpaired) electrons. The van der Waals surface area contributed by atoms with E-state index in [0.717, 1.165) is 38.0 Å². The first-order valence-corrected chi connectivity index (χ1v) is 10.2. The first-order valence-electron chi connectivity index (χ1n) is 10.2. The maximum Gasteiger partial charge on any atom is 0.251 e. The van der Waals surface area contributed by atoms with Crippen molar-refractivity contribution < 1.29 is 9.59 Å². The maximum absolute atomic E-state index is 12.8. The zero-order valence-corrected chi connectivity index (χ0v) is 15.4. The second kappa shape index (κ2) is 7.77. The summed E-state index contributed by atoms with van der Waals surface area (Å²) in [6.07, 6.45) is 14.3. The molecule has 1 N–H and O–H groups in total. The minimum atomic E-state index is -0.0298. The first-order chi connectivity index (χ1) is 12.7. The number of fused-ring (bicyclic) bond motifs is 2. The van der Waals surface area contributed by atoms with E-state index in [1.807, 2.05) is 0 Å². The van der Waals surface area contributed by atoms with Crippen LogP contribution in [0.15, 0.2) is 24.5 Å². The van der Waals surface area contributed by atoms with Crippen LogP contribution in [0.2, 0.25) is 0 Å². The van der Waals surface area contributed by atoms with Crippen LogP contribution in [0.3, 0.4) is 0 Å². The predicted molar refractivity (Wildman–Crippen MR) is 99.6 cm³/mol. The molecule has 1 aliphatic carbocycles. The molecular formula is C21H29N3O2. The second-order valence-electron chi connectivity index (χ2n) is 8.25. The van der Waals surface area contributed by atoms with Gasteiger partial charge < -0.3 is 10.2 Å². The third-order valence-electron chi connectivity index (χ3n) is 6.54. The smallest absolute Gasteiger partial charge is 0.251 e. The summed E-state index contributed by atoms with van der Waals surface area (Å²) in [6, 6.07) is 4.28. The van der Waals surface area contributed by atoms with Crippen LogP contribution in [-0.2, 0) is 4.79 Å². The number of carbonyl (C=O) groups is 2. The number of nitrogens with zero attached hydrogens (tertiary/aromatic N) is 2. The van der Waals surface area contributed by atoms with Gasteiger partial charge in [-0.3, -0.25) is 14.6 Å². The molecule has 4 rings (SSSR count). The maximum atomic E-state index is 12.8. The van der Waals surface area contributed by atoms with Gasteiger partial charge in [0.25, 0.3) is 5.91 Å². The van der Waals surface area contributed by atoms with Gasteiger partial charge in [-0.2, -0.15) is 0 Å². The molecule has 1 aromatic rings. The fraction of sp³-hybridized carbons (Fsp3) is 0.667. The van der Waals surface area contributed by atoms with Gasteiger partial charge in [-0.25, -0.2) is 0 Å². The summed E-state index contributed by atoms with van der Waals surface area (Å²) in [7, 11) is 0. The third kappa shape index (κ3) is 3.76. The minimum Gasteiger partial charge on any atom is -0.349 e. The third-order valence-corrected chi connectivity index (χ3v) is 6.54. The molecule has 5 heteroatoms. The van der Waals surface area contributed by atoms with Crippen molar-refractivity contribution in [3.05, 3.63) is 30.1 Å². The lowest BCUT2D eigenvalue weighted by atomic mass is 9.95. The highest BCUT2D eigenvalue weighted by molar-refractivity contribution is 5.94. The van der Waals surface area contributed by atoms with E-state index in [0.29, 0.717) is 30.0 Å². The number of amides is 2. The molecule has 3 heterocycles. The van der Waals surface area contributed by atoms with Crippen LogP contribution < -0.4 is 5.32 Å². The van der Waals surface area contributed by atoms with Gasteiger partial charge in [0, 0.05) is 42.5 Å². The second-order valence-corrected chi connectivity index (χ2v) is 8.25. The highest BCUT2D eigenvalue weighted by Gasteiger charge is 2.43. The summed E-state index contributed by atoms with van der Waals surface area (Å²) in [5.74, 6) is 1.09. The molecule has 2 bridgehead atoms. The number of aromatic nitrogens is 1. The van der Waals surface area contributed by atoms with E-state index in [1.165, 1.54) is 25.7 Å². The number of pyridine rings is 1. The van der Waals surface area contributed by atoms with Gasteiger partial charge in [0.15, 0.2) is 0 Å². The number of nitrogens with one attached hydrogen (secondary N) is 1. The lowest BCUT2D eigenvalue weighted by Gasteiger charge is -2.39. The summed E-state index contributed by atoms with van der Waals surface area (Å²) in [5, 5.41) is 3.17. The Morgan fingerprint density at radius 2 is 1.69 bits per heavy atom. The van der Waals surface area contributed by atoms with E-state index in [2.05, 4.69) is 15.2 Å². The van der Waals surface area contributed by atoms with E-state index in [1.54, 1.807) is 24.5 Å². The normalized spacial score (nSPS) is 28.3. The fourth-order valence-electron chi connectivity index (χ4n) is 5.23. The zero-order chi connectivity index (χ0) is 17.9. The average Bonchev–Trinajstić information content (AvgIpc) is 3.27. The van der Waals surface area contributed by atoms with Crippen molar-refractivity contribution in [2.75, 3.05) is 0 Å². The van der Waals surface area contributed by atoms with Crippen LogP contribution in [0.25, 0.3) is 0 Å². The van der Waals surface area contributed by atoms with Crippen molar-refractivity contribution in [1.29, 1.82) is 0 Å². The van der Waals surface area contributed by atoms with Gasteiger partial charge >= 0.3 is 0 Å². The van der Waals surface area contributed by atoms with Gasteiger partial charge in [0.2, 0.25) is 5.91 Å². The molecule has 140 valence electrons. The monoisotopic (exact) mass is 355 g/mol. The Morgan fingerprint density at radius 1 is 1.04 bits per heavy atom. The molecular weight excluding hydrogens is 326 g/mol. The van der Waals surface area contributed by atoms with Crippen LogP contribution in [-0.4, -0.2) is 39.8 Å². The topological polar surface area (TPSA) is 62.3 Å². The highest BCUT2D eigenvalue weighted by atomic mass is 16.2. The van der Waals surface area contributed by atoms with Crippen LogP contribution in [0.5, 0.6) is 0 Å². The van der Waals surface area contributed by atoms with Crippen molar-refractivity contribution >= 4 is 11.8 Å². The molecule has 2 amide bonds. The van der Waals surface area contributed by atoms with Crippen LogP contribution in [0, 0.1) is 5.92 Å². The first kappa shape index (κ1) is 17.5. The molecule has 5 nitrogen and oxygen atoms in total. The molecule has 1 aromatic heterocycles. The molecule has 2 saturated heterocycles. The van der Waals surface area contributed by atoms with Crippen molar-refractivity contribution in [2.24, 2.45) is 5.92 Å². The molecule has 26 heavy (non-hydrogen) atoms. The Bertz CT molecular complexity index is 628. The highest BCUT2D eigenvalue weighted by Crippen LogP contribution is 2.37. The van der Waals surface area contributed by atoms with E-state index >= 15 is 0 Å². The Labute approximate surface area is 155 Å². The molecule has 3 aliphatic rings. The van der Waals surface area contributed by atoms with Crippen molar-refractivity contribution in [3.63, 3.8) is 0 Å². The fourth-order valence-corrected chi connectivity index (χ4v) is 5.23. The SMILES string of the molecule is O=C(NC1CC2CCC(C1)N2C(=O)CCC1CCCC1)c1ccncc1. The van der Waals surface area contributed by atoms with Crippen molar-refractivity contribution in [3.8, 4) is 0 Å². The van der Waals surface area contributed by atoms with Gasteiger partial charge in [0.05, 0.1) is 0 Å². The van der Waals surface area contributed by atoms with Crippen molar-refractivity contribution in [2.45, 2.75) is 82.3 Å². The standard InChI is InChI=1S/C21H29N3O2/c25-20(8-5-15-3-1-2-4-15)24-18-6-7-19(24)14-17(13-18)23-21(26)16-9-11-22-12-10-16/h9-12,15,17-19H,1-8,13-14H2,(H,23,26). The van der Waals surface area contributed by atoms with Crippen LogP contribution in [0.4, 0.5) is 0 Å². The Morgan fingerprint density at radius 3 is 2.35 bits per heavy atom. The van der Waals surface area contributed by atoms with Gasteiger partial charge in [0.1, 0.15) is 0 Å². The molecule has 0 aromatic carbocycles. The predicted octanol–water partition coefficient (Wildman–Crippen LogP) is 3.30. The molecule has 3 fully saturated rings. The Kier molecular flexibility index (Phi) is 5.23. The average molecular weight is 355 g/mol. The van der Waals surface area contributed by atoms with E-state index in [4.69, 9.17) is 0 Å². The van der Waals surface area contributed by atoms with E-state index in [-0.39, 0.29) is 11.9 Å². The molecule has 2 unspecified atom stereocenters. The van der Waals surface area contributed by atoms with Crippen molar-refractivity contribution in [1.82, 2.24) is 15.2 Å². The number of hydrogen-bond acceptors (Lipinski definition) is 3. The Balaban J connectivity index is 1.31. The molecule has 1 saturated carbocycles. The van der Waals surface area contributed by atoms with E-state index < -0.39 is 0 Å². The summed E-state index contributed by atoms with van der Waals surface area (Å²) in [5.41, 5.74) is 0.655. The Hall–Kier alpha value is -1.91. The van der Waals surface area contributed by atoms with Gasteiger partial charge in [-0.05, 0) is 50.2 Å². The zero-order valence-electron chi connectivity index (χ0n) is 15.4. The summed E-state index contributed by atoms with van der Waals surface area (Å²) < 4.78 is 0. The molecule has 0 spiro atoms. The van der Waals surface area contributed by atoms with E-state index in [9.17, 15) is 9.59 Å². The number of carbonyl (C=O) groups excluding carboxylic acids is 2. The summed E-state index contributed by atoms with van der Waals surface area (Å²) in [6.45, 7) is 0. The number of rotatable bonds is 5. The number of piperidine rings is 1. The van der Waals surface area contributed by atoms with Crippen LogP contribution >= 0.6 is 0 Å². The lowest BCUT2D eigenvalue weighted by molar-refractivity contribution is -0.136. The molecule has 2 aliphatic heterocycles. The quantitative estimate of drug-likeness (QED) is 0.881. The van der Waals surface area contributed by atoms with Gasteiger partial charge in [-0.15, -0.1) is 0 Å². The van der Waals surface area contributed by atoms with Gasteiger partial charge in [-0.1, -0.05) is 25.7 Å². The lowest BCUT2D eigenvalue weighted by Crippen LogP contribution is -2.52. The summed E-state index contributed by atoms with van der Waals surface area (Å²) >= 11 is 0. The number of hydrogen-bond donors (Lipinski definition) is 1. The minimum absolute atomic E-state index is 0.0298. The van der Waals surface area contributed by atoms with Crippen LogP contribution in [0.1, 0.15) is 74.6 Å². The molecule has 2 atom stereocenters. The largest absolute Gasteiger partial charge is 0.349 e. The summed E-state index contributed by atoms with van der Waals surface area (Å²) in [4.78, 5) is 31.3.